The van der Waals surface area contributed by atoms with Gasteiger partial charge in [-0.15, -0.1) is 12.4 Å². The predicted molar refractivity (Wildman–Crippen MR) is 60.0 cm³/mol. The smallest absolute Gasteiger partial charge is 0.0522 e. The quantitative estimate of drug-likeness (QED) is 0.814. The summed E-state index contributed by atoms with van der Waals surface area (Å²) in [5, 5.41) is 7.15. The topological polar surface area (TPSA) is 31.9 Å². The molecule has 0 fully saturated rings. The Labute approximate surface area is 91.3 Å². The van der Waals surface area contributed by atoms with Gasteiger partial charge in [0.1, 0.15) is 0 Å². The van der Waals surface area contributed by atoms with Gasteiger partial charge in [-0.25, -0.2) is 0 Å². The summed E-state index contributed by atoms with van der Waals surface area (Å²) in [6.07, 6.45) is 5.56. The van der Waals surface area contributed by atoms with Gasteiger partial charge < -0.3 is 4.90 Å². The number of likely N-dealkylation sites (N-methyl/N-ethyl adjacent to an activating group) is 1. The number of nitrogens with one attached hydrogen (secondary N) is 1. The molecule has 1 N–H and O–H groups in total. The van der Waals surface area contributed by atoms with Crippen LogP contribution in [-0.4, -0.2) is 34.7 Å². The lowest BCUT2D eigenvalue weighted by molar-refractivity contribution is 0.232. The molecule has 1 aromatic heterocycles. The van der Waals surface area contributed by atoms with Crippen molar-refractivity contribution >= 4 is 12.4 Å². The van der Waals surface area contributed by atoms with Crippen molar-refractivity contribution in [2.75, 3.05) is 13.6 Å². The maximum atomic E-state index is 4.08. The Hall–Kier alpha value is -0.540. The molecule has 1 unspecified atom stereocenters. The number of aryl methyl sites for hydroxylation is 1. The molecule has 1 heterocycles. The van der Waals surface area contributed by atoms with Crippen LogP contribution in [0.4, 0.5) is 0 Å². The van der Waals surface area contributed by atoms with E-state index in [1.54, 1.807) is 0 Å². The van der Waals surface area contributed by atoms with E-state index in [-0.39, 0.29) is 12.4 Å². The van der Waals surface area contributed by atoms with E-state index in [0.29, 0.717) is 0 Å². The van der Waals surface area contributed by atoms with E-state index < -0.39 is 0 Å². The molecule has 80 valence electrons. The van der Waals surface area contributed by atoms with E-state index in [4.69, 9.17) is 0 Å². The molecule has 0 aliphatic heterocycles. The summed E-state index contributed by atoms with van der Waals surface area (Å²) in [5.74, 6) is 0. The number of hydrogen-bond acceptors (Lipinski definition) is 2. The minimum absolute atomic E-state index is 0. The second kappa shape index (κ2) is 4.80. The van der Waals surface area contributed by atoms with Crippen LogP contribution in [-0.2, 0) is 12.8 Å². The van der Waals surface area contributed by atoms with Crippen molar-refractivity contribution in [2.24, 2.45) is 0 Å². The highest BCUT2D eigenvalue weighted by Crippen LogP contribution is 2.21. The zero-order chi connectivity index (χ0) is 9.26. The van der Waals surface area contributed by atoms with Crippen LogP contribution in [0.1, 0.15) is 24.6 Å². The molecule has 0 amide bonds. The van der Waals surface area contributed by atoms with Crippen molar-refractivity contribution in [3.63, 3.8) is 0 Å². The van der Waals surface area contributed by atoms with E-state index in [0.717, 1.165) is 25.4 Å². The number of fused-ring (bicyclic) bond motifs is 1. The average molecular weight is 216 g/mol. The third-order valence-corrected chi connectivity index (χ3v) is 3.11. The first-order valence-electron chi connectivity index (χ1n) is 5.02. The number of rotatable bonds is 2. The van der Waals surface area contributed by atoms with Gasteiger partial charge in [0.05, 0.1) is 6.20 Å². The fourth-order valence-electron chi connectivity index (χ4n) is 2.03. The third kappa shape index (κ3) is 2.10. The summed E-state index contributed by atoms with van der Waals surface area (Å²) >= 11 is 0. The maximum absolute atomic E-state index is 4.08. The molecular weight excluding hydrogens is 198 g/mol. The Balaban J connectivity index is 0.000000980. The van der Waals surface area contributed by atoms with Crippen LogP contribution in [0.3, 0.4) is 0 Å². The van der Waals surface area contributed by atoms with Crippen molar-refractivity contribution in [3.8, 4) is 0 Å². The first-order valence-corrected chi connectivity index (χ1v) is 5.02. The zero-order valence-corrected chi connectivity index (χ0v) is 9.60. The second-order valence-corrected chi connectivity index (χ2v) is 3.84. The highest BCUT2D eigenvalue weighted by Gasteiger charge is 2.21. The molecule has 0 saturated carbocycles. The molecule has 14 heavy (non-hydrogen) atoms. The number of halogens is 1. The third-order valence-electron chi connectivity index (χ3n) is 3.11. The van der Waals surface area contributed by atoms with Crippen molar-refractivity contribution in [2.45, 2.75) is 32.2 Å². The van der Waals surface area contributed by atoms with Gasteiger partial charge in [0, 0.05) is 11.7 Å². The van der Waals surface area contributed by atoms with Crippen LogP contribution in [0.5, 0.6) is 0 Å². The number of hydrogen-bond donors (Lipinski definition) is 1. The minimum Gasteiger partial charge on any atom is -0.303 e. The van der Waals surface area contributed by atoms with Gasteiger partial charge in [-0.1, -0.05) is 6.92 Å². The first-order chi connectivity index (χ1) is 6.31. The summed E-state index contributed by atoms with van der Waals surface area (Å²) < 4.78 is 0. The standard InChI is InChI=1S/C10H17N3.ClH/c1-3-13(2)9-4-5-10-8(6-9)7-11-12-10;/h7,9H,3-6H2,1-2H3,(H,11,12);1H. The van der Waals surface area contributed by atoms with E-state index in [1.807, 2.05) is 6.20 Å². The molecule has 1 aliphatic carbocycles. The van der Waals surface area contributed by atoms with Gasteiger partial charge in [-0.3, -0.25) is 5.10 Å². The molecule has 1 atom stereocenters. The SMILES string of the molecule is CCN(C)C1CCc2[nH]ncc2C1.Cl. The average Bonchev–Trinajstić information content (AvgIpc) is 2.63. The number of nitrogens with zero attached hydrogens (tertiary/aromatic N) is 2. The molecule has 0 bridgehead atoms. The number of aromatic nitrogens is 2. The molecule has 4 heteroatoms. The van der Waals surface area contributed by atoms with E-state index >= 15 is 0 Å². The van der Waals surface area contributed by atoms with Crippen molar-refractivity contribution < 1.29 is 0 Å². The van der Waals surface area contributed by atoms with Crippen molar-refractivity contribution in [1.82, 2.24) is 15.1 Å². The van der Waals surface area contributed by atoms with E-state index in [2.05, 4.69) is 29.1 Å². The van der Waals surface area contributed by atoms with Crippen LogP contribution >= 0.6 is 12.4 Å². The molecule has 0 saturated heterocycles. The number of aromatic amines is 1. The Kier molecular flexibility index (Phi) is 3.96. The summed E-state index contributed by atoms with van der Waals surface area (Å²) in [5.41, 5.74) is 2.76. The maximum Gasteiger partial charge on any atom is 0.0522 e. The molecule has 3 nitrogen and oxygen atoms in total. The lowest BCUT2D eigenvalue weighted by Crippen LogP contribution is -2.36. The predicted octanol–water partition coefficient (Wildman–Crippen LogP) is 1.64. The normalized spacial score (nSPS) is 20.4. The highest BCUT2D eigenvalue weighted by molar-refractivity contribution is 5.85. The van der Waals surface area contributed by atoms with Gasteiger partial charge >= 0.3 is 0 Å². The van der Waals surface area contributed by atoms with Crippen molar-refractivity contribution in [3.05, 3.63) is 17.5 Å². The first kappa shape index (κ1) is 11.5. The highest BCUT2D eigenvalue weighted by atomic mass is 35.5. The van der Waals surface area contributed by atoms with Gasteiger partial charge in [0.2, 0.25) is 0 Å². The lowest BCUT2D eigenvalue weighted by atomic mass is 9.93. The summed E-state index contributed by atoms with van der Waals surface area (Å²) in [4.78, 5) is 2.43. The Morgan fingerprint density at radius 3 is 3.14 bits per heavy atom. The Bertz CT molecular complexity index is 285. The Morgan fingerprint density at radius 2 is 2.43 bits per heavy atom. The monoisotopic (exact) mass is 215 g/mol. The molecule has 1 aromatic rings. The van der Waals surface area contributed by atoms with Crippen LogP contribution in [0.15, 0.2) is 6.20 Å². The van der Waals surface area contributed by atoms with Crippen LogP contribution in [0.2, 0.25) is 0 Å². The van der Waals surface area contributed by atoms with E-state index in [1.165, 1.54) is 17.7 Å². The van der Waals surface area contributed by atoms with Crippen molar-refractivity contribution in [1.29, 1.82) is 0 Å². The van der Waals surface area contributed by atoms with Crippen LogP contribution in [0.25, 0.3) is 0 Å². The molecule has 1 aliphatic rings. The minimum atomic E-state index is 0. The van der Waals surface area contributed by atoms with Gasteiger partial charge in [-0.2, -0.15) is 5.10 Å². The summed E-state index contributed by atoms with van der Waals surface area (Å²) in [6.45, 7) is 3.35. The largest absolute Gasteiger partial charge is 0.303 e. The molecule has 0 aromatic carbocycles. The molecule has 0 spiro atoms. The zero-order valence-electron chi connectivity index (χ0n) is 8.79. The van der Waals surface area contributed by atoms with Gasteiger partial charge in [-0.05, 0) is 38.4 Å². The van der Waals surface area contributed by atoms with Crippen LogP contribution in [0, 0.1) is 0 Å². The fourth-order valence-corrected chi connectivity index (χ4v) is 2.03. The van der Waals surface area contributed by atoms with Crippen LogP contribution < -0.4 is 0 Å². The lowest BCUT2D eigenvalue weighted by Gasteiger charge is -2.29. The van der Waals surface area contributed by atoms with E-state index in [9.17, 15) is 0 Å². The fraction of sp³-hybridized carbons (Fsp3) is 0.700. The summed E-state index contributed by atoms with van der Waals surface area (Å²) in [6, 6.07) is 0.718. The number of H-pyrrole nitrogens is 1. The van der Waals surface area contributed by atoms with Gasteiger partial charge in [0.25, 0.3) is 0 Å². The molecule has 0 radical (unpaired) electrons. The molecule has 2 rings (SSSR count). The second-order valence-electron chi connectivity index (χ2n) is 3.84. The summed E-state index contributed by atoms with van der Waals surface area (Å²) in [7, 11) is 2.20. The Morgan fingerprint density at radius 1 is 1.64 bits per heavy atom. The van der Waals surface area contributed by atoms with Gasteiger partial charge in [0.15, 0.2) is 0 Å². The molecular formula is C10H18ClN3.